The minimum absolute atomic E-state index is 0.0372. The van der Waals surface area contributed by atoms with Crippen molar-refractivity contribution >= 4 is 17.5 Å². The summed E-state index contributed by atoms with van der Waals surface area (Å²) >= 11 is 0. The molecule has 0 aliphatic heterocycles. The maximum atomic E-state index is 10.9. The Morgan fingerprint density at radius 2 is 2.04 bits per heavy atom. The van der Waals surface area contributed by atoms with Crippen LogP contribution in [-0.4, -0.2) is 27.5 Å². The van der Waals surface area contributed by atoms with Gasteiger partial charge in [-0.25, -0.2) is 4.98 Å². The van der Waals surface area contributed by atoms with E-state index in [1.54, 1.807) is 4.90 Å². The van der Waals surface area contributed by atoms with Crippen molar-refractivity contribution in [3.63, 3.8) is 0 Å². The van der Waals surface area contributed by atoms with Crippen LogP contribution in [-0.2, 0) is 11.3 Å². The summed E-state index contributed by atoms with van der Waals surface area (Å²) in [6.07, 6.45) is 1.14. The standard InChI is InChI=1S/C16H17N3O4/c1-12-4-2-3-5-13(12)11-18(9-8-16(20)21)15-7-6-14(10-17-15)19(22)23/h2-7,10H,8-9,11H2,1H3,(H,20,21). The lowest BCUT2D eigenvalue weighted by molar-refractivity contribution is -0.385. The Labute approximate surface area is 133 Å². The summed E-state index contributed by atoms with van der Waals surface area (Å²) in [5.41, 5.74) is 2.05. The Morgan fingerprint density at radius 3 is 2.61 bits per heavy atom. The molecule has 2 rings (SSSR count). The molecule has 1 heterocycles. The molecule has 23 heavy (non-hydrogen) atoms. The maximum Gasteiger partial charge on any atom is 0.305 e. The summed E-state index contributed by atoms with van der Waals surface area (Å²) in [5.74, 6) is -0.387. The predicted octanol–water partition coefficient (Wildman–Crippen LogP) is 2.78. The number of hydrogen-bond acceptors (Lipinski definition) is 5. The number of pyridine rings is 1. The van der Waals surface area contributed by atoms with Gasteiger partial charge in [-0.2, -0.15) is 0 Å². The minimum atomic E-state index is -0.901. The molecule has 0 spiro atoms. The average Bonchev–Trinajstić information content (AvgIpc) is 2.53. The van der Waals surface area contributed by atoms with Gasteiger partial charge in [0.25, 0.3) is 5.69 Å². The number of carboxylic acid groups (broad SMARTS) is 1. The smallest absolute Gasteiger partial charge is 0.305 e. The number of carboxylic acids is 1. The monoisotopic (exact) mass is 315 g/mol. The zero-order valence-electron chi connectivity index (χ0n) is 12.7. The molecule has 0 atom stereocenters. The van der Waals surface area contributed by atoms with Crippen LogP contribution < -0.4 is 4.90 Å². The molecule has 0 saturated carbocycles. The number of nitrogens with zero attached hydrogens (tertiary/aromatic N) is 3. The first-order valence-electron chi connectivity index (χ1n) is 7.09. The fraction of sp³-hybridized carbons (Fsp3) is 0.250. The molecule has 0 bridgehead atoms. The van der Waals surface area contributed by atoms with Gasteiger partial charge in [-0.15, -0.1) is 0 Å². The van der Waals surface area contributed by atoms with Gasteiger partial charge in [-0.1, -0.05) is 24.3 Å². The minimum Gasteiger partial charge on any atom is -0.481 e. The van der Waals surface area contributed by atoms with Gasteiger partial charge in [0.1, 0.15) is 12.0 Å². The highest BCUT2D eigenvalue weighted by Crippen LogP contribution is 2.19. The lowest BCUT2D eigenvalue weighted by atomic mass is 10.1. The normalized spacial score (nSPS) is 10.3. The third-order valence-corrected chi connectivity index (χ3v) is 3.49. The summed E-state index contributed by atoms with van der Waals surface area (Å²) in [6, 6.07) is 10.7. The lowest BCUT2D eigenvalue weighted by Crippen LogP contribution is -2.26. The van der Waals surface area contributed by atoms with E-state index < -0.39 is 10.9 Å². The van der Waals surface area contributed by atoms with Crippen molar-refractivity contribution in [2.75, 3.05) is 11.4 Å². The van der Waals surface area contributed by atoms with Gasteiger partial charge in [0.2, 0.25) is 0 Å². The van der Waals surface area contributed by atoms with Crippen molar-refractivity contribution in [3.8, 4) is 0 Å². The van der Waals surface area contributed by atoms with Crippen molar-refractivity contribution < 1.29 is 14.8 Å². The van der Waals surface area contributed by atoms with Crippen molar-refractivity contribution in [1.29, 1.82) is 0 Å². The van der Waals surface area contributed by atoms with E-state index in [1.807, 2.05) is 31.2 Å². The highest BCUT2D eigenvalue weighted by molar-refractivity contribution is 5.67. The molecule has 1 aromatic carbocycles. The molecule has 1 aromatic heterocycles. The van der Waals surface area contributed by atoms with E-state index in [1.165, 1.54) is 18.3 Å². The first kappa shape index (κ1) is 16.4. The van der Waals surface area contributed by atoms with Gasteiger partial charge in [0, 0.05) is 19.2 Å². The zero-order chi connectivity index (χ0) is 16.8. The largest absolute Gasteiger partial charge is 0.481 e. The summed E-state index contributed by atoms with van der Waals surface area (Å²) < 4.78 is 0. The van der Waals surface area contributed by atoms with Gasteiger partial charge in [0.05, 0.1) is 11.3 Å². The molecule has 2 aromatic rings. The van der Waals surface area contributed by atoms with Crippen LogP contribution in [0.3, 0.4) is 0 Å². The third kappa shape index (κ3) is 4.50. The van der Waals surface area contributed by atoms with Crippen LogP contribution in [0.1, 0.15) is 17.5 Å². The van der Waals surface area contributed by atoms with Crippen molar-refractivity contribution in [1.82, 2.24) is 4.98 Å². The Morgan fingerprint density at radius 1 is 1.30 bits per heavy atom. The van der Waals surface area contributed by atoms with E-state index in [4.69, 9.17) is 5.11 Å². The average molecular weight is 315 g/mol. The van der Waals surface area contributed by atoms with Crippen molar-refractivity contribution in [2.45, 2.75) is 19.9 Å². The van der Waals surface area contributed by atoms with Crippen LogP contribution in [0.4, 0.5) is 11.5 Å². The molecule has 0 unspecified atom stereocenters. The molecule has 120 valence electrons. The van der Waals surface area contributed by atoms with Crippen LogP contribution in [0.5, 0.6) is 0 Å². The summed E-state index contributed by atoms with van der Waals surface area (Å²) in [4.78, 5) is 27.0. The van der Waals surface area contributed by atoms with E-state index in [-0.39, 0.29) is 18.7 Å². The van der Waals surface area contributed by atoms with Crippen molar-refractivity contribution in [2.24, 2.45) is 0 Å². The number of aryl methyl sites for hydroxylation is 1. The first-order chi connectivity index (χ1) is 11.0. The second-order valence-electron chi connectivity index (χ2n) is 5.12. The van der Waals surface area contributed by atoms with E-state index in [2.05, 4.69) is 4.98 Å². The second-order valence-corrected chi connectivity index (χ2v) is 5.12. The maximum absolute atomic E-state index is 10.9. The fourth-order valence-electron chi connectivity index (χ4n) is 2.17. The summed E-state index contributed by atoms with van der Waals surface area (Å²) in [7, 11) is 0. The second kappa shape index (κ2) is 7.35. The van der Waals surface area contributed by atoms with E-state index >= 15 is 0 Å². The lowest BCUT2D eigenvalue weighted by Gasteiger charge is -2.23. The van der Waals surface area contributed by atoms with Crippen LogP contribution >= 0.6 is 0 Å². The highest BCUT2D eigenvalue weighted by Gasteiger charge is 2.14. The van der Waals surface area contributed by atoms with Crippen LogP contribution in [0.25, 0.3) is 0 Å². The Kier molecular flexibility index (Phi) is 5.24. The highest BCUT2D eigenvalue weighted by atomic mass is 16.6. The SMILES string of the molecule is Cc1ccccc1CN(CCC(=O)O)c1ccc([N+](=O)[O-])cn1. The van der Waals surface area contributed by atoms with Gasteiger partial charge in [-0.05, 0) is 24.1 Å². The predicted molar refractivity (Wildman–Crippen MR) is 85.4 cm³/mol. The molecule has 0 fully saturated rings. The topological polar surface area (TPSA) is 96.6 Å². The van der Waals surface area contributed by atoms with Crippen LogP contribution in [0.2, 0.25) is 0 Å². The van der Waals surface area contributed by atoms with Crippen molar-refractivity contribution in [3.05, 3.63) is 63.8 Å². The third-order valence-electron chi connectivity index (χ3n) is 3.49. The number of anilines is 1. The molecule has 0 amide bonds. The molecule has 0 aliphatic rings. The molecular formula is C16H17N3O4. The molecule has 0 aliphatic carbocycles. The van der Waals surface area contributed by atoms with E-state index in [9.17, 15) is 14.9 Å². The number of hydrogen-bond donors (Lipinski definition) is 1. The molecule has 0 radical (unpaired) electrons. The number of rotatable bonds is 7. The number of benzene rings is 1. The van der Waals surface area contributed by atoms with Gasteiger partial charge < -0.3 is 10.0 Å². The molecule has 1 N–H and O–H groups in total. The molecular weight excluding hydrogens is 298 g/mol. The number of aromatic nitrogens is 1. The molecule has 0 saturated heterocycles. The number of aliphatic carboxylic acids is 1. The van der Waals surface area contributed by atoms with E-state index in [0.29, 0.717) is 12.4 Å². The Balaban J connectivity index is 2.24. The number of carbonyl (C=O) groups is 1. The Bertz CT molecular complexity index is 701. The van der Waals surface area contributed by atoms with Gasteiger partial charge >= 0.3 is 5.97 Å². The van der Waals surface area contributed by atoms with Gasteiger partial charge in [-0.3, -0.25) is 14.9 Å². The Hall–Kier alpha value is -2.96. The number of nitro groups is 1. The quantitative estimate of drug-likeness (QED) is 0.623. The van der Waals surface area contributed by atoms with Crippen LogP contribution in [0, 0.1) is 17.0 Å². The fourth-order valence-corrected chi connectivity index (χ4v) is 2.17. The first-order valence-corrected chi connectivity index (χ1v) is 7.09. The summed E-state index contributed by atoms with van der Waals surface area (Å²) in [6.45, 7) is 2.74. The van der Waals surface area contributed by atoms with Crippen LogP contribution in [0.15, 0.2) is 42.6 Å². The van der Waals surface area contributed by atoms with E-state index in [0.717, 1.165) is 11.1 Å². The molecule has 7 heteroatoms. The van der Waals surface area contributed by atoms with Gasteiger partial charge in [0.15, 0.2) is 0 Å². The zero-order valence-corrected chi connectivity index (χ0v) is 12.7. The summed E-state index contributed by atoms with van der Waals surface area (Å²) in [5, 5.41) is 19.6. The molecule has 7 nitrogen and oxygen atoms in total.